The Labute approximate surface area is 179 Å². The number of benzene rings is 3. The van der Waals surface area contributed by atoms with Gasteiger partial charge in [0.25, 0.3) is 10.1 Å². The first kappa shape index (κ1) is 20.2. The summed E-state index contributed by atoms with van der Waals surface area (Å²) in [4.78, 5) is -0.218. The average Bonchev–Trinajstić information content (AvgIpc) is 3.17. The van der Waals surface area contributed by atoms with Gasteiger partial charge in [0.1, 0.15) is 16.6 Å². The van der Waals surface area contributed by atoms with E-state index >= 15 is 0 Å². The molecule has 0 saturated carbocycles. The van der Waals surface area contributed by atoms with Gasteiger partial charge in [-0.05, 0) is 24.3 Å². The van der Waals surface area contributed by atoms with Gasteiger partial charge in [-0.3, -0.25) is 9.56 Å². The van der Waals surface area contributed by atoms with E-state index in [1.54, 1.807) is 30.3 Å². The molecule has 1 unspecified atom stereocenters. The molecule has 7 nitrogen and oxygen atoms in total. The van der Waals surface area contributed by atoms with Gasteiger partial charge in [-0.15, -0.1) is 0 Å². The van der Waals surface area contributed by atoms with Crippen LogP contribution in [0.5, 0.6) is 0 Å². The molecule has 3 aromatic carbocycles. The number of rotatable bonds is 5. The van der Waals surface area contributed by atoms with Crippen LogP contribution in [0.25, 0.3) is 0 Å². The van der Waals surface area contributed by atoms with Gasteiger partial charge in [-0.2, -0.15) is 23.7 Å². The van der Waals surface area contributed by atoms with E-state index in [2.05, 4.69) is 15.3 Å². The molecule has 1 aliphatic heterocycles. The summed E-state index contributed by atoms with van der Waals surface area (Å²) in [5.41, 5.74) is 2.27. The highest BCUT2D eigenvalue weighted by Gasteiger charge is 2.31. The lowest BCUT2D eigenvalue weighted by atomic mass is 10.0. The van der Waals surface area contributed by atoms with Gasteiger partial charge in [-0.25, -0.2) is 0 Å². The highest BCUT2D eigenvalue weighted by Crippen LogP contribution is 2.31. The number of halogens is 1. The molecule has 9 heteroatoms. The maximum absolute atomic E-state index is 11.8. The van der Waals surface area contributed by atoms with Crippen LogP contribution in [0.2, 0.25) is 5.02 Å². The molecule has 0 fully saturated rings. The van der Waals surface area contributed by atoms with E-state index < -0.39 is 16.2 Å². The summed E-state index contributed by atoms with van der Waals surface area (Å²) in [6, 6.07) is 22.2. The summed E-state index contributed by atoms with van der Waals surface area (Å²) < 4.78 is 33.2. The fraction of sp³-hybridized carbons (Fsp3) is 0.0952. The minimum Gasteiger partial charge on any atom is -0.282 e. The van der Waals surface area contributed by atoms with Crippen molar-refractivity contribution in [1.82, 2.24) is 0 Å². The Morgan fingerprint density at radius 1 is 0.967 bits per heavy atom. The molecule has 1 aliphatic rings. The fourth-order valence-electron chi connectivity index (χ4n) is 3.14. The zero-order valence-corrected chi connectivity index (χ0v) is 17.2. The Balaban J connectivity index is 1.74. The highest BCUT2D eigenvalue weighted by atomic mass is 35.5. The monoisotopic (exact) mass is 440 g/mol. The molecule has 0 amide bonds. The molecule has 0 aromatic heterocycles. The summed E-state index contributed by atoms with van der Waals surface area (Å²) >= 11 is 6.17. The Kier molecular flexibility index (Phi) is 5.63. The second kappa shape index (κ2) is 8.35. The first-order valence-corrected chi connectivity index (χ1v) is 10.9. The molecule has 1 atom stereocenters. The van der Waals surface area contributed by atoms with Crippen molar-refractivity contribution in [2.24, 2.45) is 15.3 Å². The smallest absolute Gasteiger partial charge is 0.282 e. The largest absolute Gasteiger partial charge is 0.296 e. The van der Waals surface area contributed by atoms with Crippen LogP contribution in [0.1, 0.15) is 5.56 Å². The predicted molar refractivity (Wildman–Crippen MR) is 116 cm³/mol. The molecule has 30 heavy (non-hydrogen) atoms. The number of hydrogen-bond acceptors (Lipinski definition) is 6. The molecule has 0 bridgehead atoms. The van der Waals surface area contributed by atoms with Gasteiger partial charge < -0.3 is 0 Å². The SMILES string of the molecule is O=S(=O)(O)c1ccccc1N1CC(N=Nc2ccccc2Cl)C(c2ccccc2)=N1. The highest BCUT2D eigenvalue weighted by molar-refractivity contribution is 7.86. The number of azo groups is 1. The van der Waals surface area contributed by atoms with Crippen molar-refractivity contribution in [3.63, 3.8) is 0 Å². The maximum Gasteiger partial charge on any atom is 0.296 e. The van der Waals surface area contributed by atoms with Crippen LogP contribution in [0.15, 0.2) is 99.1 Å². The standard InChI is InChI=1S/C21H17ClN4O3S/c22-16-10-4-5-11-17(16)23-24-18-14-26(25-21(18)15-8-2-1-3-9-15)19-12-6-7-13-20(19)30(27,28)29/h1-13,18H,14H2,(H,27,28,29). The number of para-hydroxylation sites is 1. The Morgan fingerprint density at radius 2 is 1.63 bits per heavy atom. The minimum atomic E-state index is -4.41. The number of anilines is 1. The molecule has 4 rings (SSSR count). The molecule has 0 spiro atoms. The van der Waals surface area contributed by atoms with Crippen LogP contribution in [0.4, 0.5) is 11.4 Å². The molecular weight excluding hydrogens is 424 g/mol. The Hall–Kier alpha value is -3.07. The first-order chi connectivity index (χ1) is 14.4. The topological polar surface area (TPSA) is 94.7 Å². The molecule has 152 valence electrons. The predicted octanol–water partition coefficient (Wildman–Crippen LogP) is 4.96. The zero-order valence-electron chi connectivity index (χ0n) is 15.6. The van der Waals surface area contributed by atoms with Gasteiger partial charge in [0.15, 0.2) is 0 Å². The third-order valence-electron chi connectivity index (χ3n) is 4.54. The summed E-state index contributed by atoms with van der Waals surface area (Å²) in [5.74, 6) is 0. The van der Waals surface area contributed by atoms with E-state index in [-0.39, 0.29) is 17.1 Å². The van der Waals surface area contributed by atoms with E-state index in [0.717, 1.165) is 5.56 Å². The number of hydrazone groups is 1. The van der Waals surface area contributed by atoms with E-state index in [1.807, 2.05) is 42.5 Å². The molecule has 3 aromatic rings. The first-order valence-electron chi connectivity index (χ1n) is 9.07. The maximum atomic E-state index is 11.8. The molecular formula is C21H17ClN4O3S. The van der Waals surface area contributed by atoms with E-state index in [0.29, 0.717) is 16.4 Å². The van der Waals surface area contributed by atoms with Gasteiger partial charge in [0.05, 0.1) is 23.0 Å². The van der Waals surface area contributed by atoms with E-state index in [9.17, 15) is 13.0 Å². The summed E-state index contributed by atoms with van der Waals surface area (Å²) in [7, 11) is -4.41. The van der Waals surface area contributed by atoms with Crippen molar-refractivity contribution in [2.75, 3.05) is 11.6 Å². The van der Waals surface area contributed by atoms with Gasteiger partial charge in [-0.1, -0.05) is 66.2 Å². The lowest BCUT2D eigenvalue weighted by Gasteiger charge is -2.16. The van der Waals surface area contributed by atoms with Gasteiger partial charge >= 0.3 is 0 Å². The van der Waals surface area contributed by atoms with Crippen LogP contribution < -0.4 is 5.01 Å². The molecule has 0 radical (unpaired) electrons. The lowest BCUT2D eigenvalue weighted by molar-refractivity contribution is 0.483. The normalized spacial score (nSPS) is 16.8. The molecule has 0 saturated heterocycles. The Morgan fingerprint density at radius 3 is 2.37 bits per heavy atom. The molecule has 1 heterocycles. The second-order valence-electron chi connectivity index (χ2n) is 6.56. The fourth-order valence-corrected chi connectivity index (χ4v) is 4.01. The summed E-state index contributed by atoms with van der Waals surface area (Å²) in [6.45, 7) is 0.255. The van der Waals surface area contributed by atoms with Gasteiger partial charge in [0.2, 0.25) is 0 Å². The van der Waals surface area contributed by atoms with Crippen molar-refractivity contribution < 1.29 is 13.0 Å². The zero-order chi connectivity index (χ0) is 21.1. The van der Waals surface area contributed by atoms with E-state index in [4.69, 9.17) is 11.6 Å². The van der Waals surface area contributed by atoms with Crippen LogP contribution in [-0.2, 0) is 10.1 Å². The van der Waals surface area contributed by atoms with Crippen LogP contribution in [0.3, 0.4) is 0 Å². The number of nitrogens with zero attached hydrogens (tertiary/aromatic N) is 4. The summed E-state index contributed by atoms with van der Waals surface area (Å²) in [6.07, 6.45) is 0. The molecule has 1 N–H and O–H groups in total. The van der Waals surface area contributed by atoms with E-state index in [1.165, 1.54) is 11.1 Å². The van der Waals surface area contributed by atoms with Crippen molar-refractivity contribution >= 4 is 38.8 Å². The molecule has 0 aliphatic carbocycles. The van der Waals surface area contributed by atoms with Crippen molar-refractivity contribution in [3.8, 4) is 0 Å². The lowest BCUT2D eigenvalue weighted by Crippen LogP contribution is -2.24. The van der Waals surface area contributed by atoms with Gasteiger partial charge in [0, 0.05) is 5.56 Å². The second-order valence-corrected chi connectivity index (χ2v) is 8.36. The number of hydrogen-bond donors (Lipinski definition) is 1. The summed E-state index contributed by atoms with van der Waals surface area (Å²) in [5, 5.41) is 15.3. The van der Waals surface area contributed by atoms with Crippen molar-refractivity contribution in [1.29, 1.82) is 0 Å². The average molecular weight is 441 g/mol. The Bertz CT molecular complexity index is 1230. The van der Waals surface area contributed by atoms with Crippen LogP contribution in [0, 0.1) is 0 Å². The quantitative estimate of drug-likeness (QED) is 0.448. The van der Waals surface area contributed by atoms with Crippen molar-refractivity contribution in [3.05, 3.63) is 89.4 Å². The van der Waals surface area contributed by atoms with Crippen LogP contribution in [-0.4, -0.2) is 31.3 Å². The van der Waals surface area contributed by atoms with Crippen molar-refractivity contribution in [2.45, 2.75) is 10.9 Å². The third-order valence-corrected chi connectivity index (χ3v) is 5.76. The minimum absolute atomic E-state index is 0.218. The third kappa shape index (κ3) is 4.25. The van der Waals surface area contributed by atoms with Crippen LogP contribution >= 0.6 is 11.6 Å².